The van der Waals surface area contributed by atoms with Gasteiger partial charge in [-0.05, 0) is 33.6 Å². The largest absolute Gasteiger partial charge is 0.473 e. The van der Waals surface area contributed by atoms with Gasteiger partial charge in [-0.25, -0.2) is 9.97 Å². The number of thiazole rings is 2. The minimum Gasteiger partial charge on any atom is -0.473 e. The van der Waals surface area contributed by atoms with Crippen LogP contribution in [0, 0.1) is 6.92 Å². The molecule has 0 unspecified atom stereocenters. The number of oxazole rings is 1. The van der Waals surface area contributed by atoms with E-state index in [-0.39, 0.29) is 31.1 Å². The minimum atomic E-state index is 0. The summed E-state index contributed by atoms with van der Waals surface area (Å²) in [6.45, 7) is 25.8. The fourth-order valence-electron chi connectivity index (χ4n) is 3.18. The second kappa shape index (κ2) is 15.2. The second-order valence-electron chi connectivity index (χ2n) is 13.1. The summed E-state index contributed by atoms with van der Waals surface area (Å²) in [6, 6.07) is 1.73. The van der Waals surface area contributed by atoms with Crippen molar-refractivity contribution in [2.24, 2.45) is 0 Å². The van der Waals surface area contributed by atoms with Crippen LogP contribution in [-0.2, 0) is 16.2 Å². The molecule has 0 atom stereocenters. The molecule has 0 aromatic carbocycles. The van der Waals surface area contributed by atoms with E-state index in [2.05, 4.69) is 109 Å². The Morgan fingerprint density at radius 3 is 1.82 bits per heavy atom. The molecule has 3 aromatic rings. The monoisotopic (exact) mass is 595 g/mol. The Kier molecular flexibility index (Phi) is 14.4. The van der Waals surface area contributed by atoms with E-state index in [1.165, 1.54) is 23.4 Å². The maximum absolute atomic E-state index is 5.32. The number of anilines is 2. The predicted octanol–water partition coefficient (Wildman–Crippen LogP) is 9.84. The van der Waals surface area contributed by atoms with Gasteiger partial charge in [0.1, 0.15) is 6.26 Å². The molecule has 2 N–H and O–H groups in total. The molecule has 0 saturated heterocycles. The maximum Gasteiger partial charge on any atom is 0.294 e. The van der Waals surface area contributed by atoms with Gasteiger partial charge < -0.3 is 19.8 Å². The average molecular weight is 596 g/mol. The van der Waals surface area contributed by atoms with Gasteiger partial charge in [0.25, 0.3) is 11.2 Å². The van der Waals surface area contributed by atoms with Gasteiger partial charge >= 0.3 is 0 Å². The van der Waals surface area contributed by atoms with Crippen LogP contribution in [-0.4, -0.2) is 34.1 Å². The molecule has 1 fully saturated rings. The topological polar surface area (TPSA) is 85.1 Å². The maximum atomic E-state index is 5.32. The van der Waals surface area contributed by atoms with Crippen molar-refractivity contribution >= 4 is 33.8 Å². The lowest BCUT2D eigenvalue weighted by atomic mass is 9.92. The summed E-state index contributed by atoms with van der Waals surface area (Å²) >= 11 is 3.29. The molecule has 1 saturated carbocycles. The number of hydrogen-bond acceptors (Lipinski definition) is 9. The van der Waals surface area contributed by atoms with Crippen molar-refractivity contribution in [1.82, 2.24) is 15.0 Å². The zero-order chi connectivity index (χ0) is 28.9. The van der Waals surface area contributed by atoms with Crippen molar-refractivity contribution in [1.29, 1.82) is 0 Å². The highest BCUT2D eigenvalue weighted by molar-refractivity contribution is 7.15. The van der Waals surface area contributed by atoms with E-state index >= 15 is 0 Å². The van der Waals surface area contributed by atoms with Gasteiger partial charge in [-0.15, -0.1) is 11.3 Å². The number of aryl methyl sites for hydroxylation is 1. The first-order valence-corrected chi connectivity index (χ1v) is 15.1. The van der Waals surface area contributed by atoms with Gasteiger partial charge in [-0.2, -0.15) is 4.98 Å². The summed E-state index contributed by atoms with van der Waals surface area (Å²) in [6.07, 6.45) is 4.23. The zero-order valence-electron chi connectivity index (χ0n) is 25.7. The highest BCUT2D eigenvalue weighted by Crippen LogP contribution is 2.31. The third kappa shape index (κ3) is 12.6. The molecule has 40 heavy (non-hydrogen) atoms. The van der Waals surface area contributed by atoms with Crippen LogP contribution in [0.2, 0.25) is 0 Å². The van der Waals surface area contributed by atoms with Crippen LogP contribution in [0.15, 0.2) is 16.1 Å². The predicted molar refractivity (Wildman–Crippen MR) is 177 cm³/mol. The van der Waals surface area contributed by atoms with E-state index < -0.39 is 0 Å². The number of ether oxygens (including phenoxy) is 1. The Hall–Kier alpha value is -2.13. The van der Waals surface area contributed by atoms with E-state index in [0.29, 0.717) is 18.1 Å². The van der Waals surface area contributed by atoms with Crippen LogP contribution in [0.3, 0.4) is 0 Å². The summed E-state index contributed by atoms with van der Waals surface area (Å²) in [7, 11) is 1.64. The molecule has 4 rings (SSSR count). The summed E-state index contributed by atoms with van der Waals surface area (Å²) < 4.78 is 10.3. The molecule has 3 aromatic heterocycles. The van der Waals surface area contributed by atoms with E-state index in [4.69, 9.17) is 9.15 Å². The van der Waals surface area contributed by atoms with Gasteiger partial charge in [0, 0.05) is 38.6 Å². The smallest absolute Gasteiger partial charge is 0.294 e. The molecule has 3 heterocycles. The lowest BCUT2D eigenvalue weighted by Gasteiger charge is -2.16. The fraction of sp³-hybridized carbons (Fsp3) is 0.710. The van der Waals surface area contributed by atoms with Gasteiger partial charge in [-0.3, -0.25) is 0 Å². The summed E-state index contributed by atoms with van der Waals surface area (Å²) in [4.78, 5) is 14.6. The molecule has 0 amide bonds. The molecular weight excluding hydrogens is 539 g/mol. The number of nitrogens with zero attached hydrogens (tertiary/aromatic N) is 3. The van der Waals surface area contributed by atoms with Crippen molar-refractivity contribution in [2.45, 2.75) is 139 Å². The van der Waals surface area contributed by atoms with E-state index in [0.717, 1.165) is 21.7 Å². The standard InChI is InChI=1S/C11H20N2S.C10H16N2O.C8H13NOS.2CH4/c1-7(2)12-10-13-9(8(3)14-10)11(4,5)6;1-10(2,3)8-6-13-9(12-8)11-7-4-5-7;1-8(2,3)6-5-11-7(9-6)10-4;;/h7H,1-6H3,(H,12,13);6-7H,4-5H2,1-3H3,(H,11,12);5H,1-4H3;2*1H4. The lowest BCUT2D eigenvalue weighted by molar-refractivity contribution is 0.407. The number of nitrogens with one attached hydrogen (secondary N) is 2. The van der Waals surface area contributed by atoms with E-state index in [1.54, 1.807) is 36.0 Å². The first-order valence-electron chi connectivity index (χ1n) is 13.4. The van der Waals surface area contributed by atoms with Gasteiger partial charge in [0.2, 0.25) is 0 Å². The minimum absolute atomic E-state index is 0. The van der Waals surface area contributed by atoms with Crippen LogP contribution in [0.25, 0.3) is 0 Å². The van der Waals surface area contributed by atoms with Crippen LogP contribution in [0.4, 0.5) is 11.1 Å². The molecule has 0 radical (unpaired) electrons. The van der Waals surface area contributed by atoms with Crippen molar-refractivity contribution in [3.05, 3.63) is 33.6 Å². The highest BCUT2D eigenvalue weighted by Gasteiger charge is 2.25. The fourth-order valence-corrected chi connectivity index (χ4v) is 5.22. The van der Waals surface area contributed by atoms with Crippen LogP contribution in [0.5, 0.6) is 5.19 Å². The number of hydrogen-bond donors (Lipinski definition) is 2. The van der Waals surface area contributed by atoms with E-state index in [9.17, 15) is 0 Å². The number of rotatable bonds is 5. The SMILES string of the molecule is C.C.CC(C)(C)c1coc(NC2CC2)n1.COc1nc(C(C)(C)C)cs1.Cc1sc(NC(C)C)nc1C(C)(C)C. The third-order valence-corrected chi connectivity index (χ3v) is 7.23. The Labute approximate surface area is 253 Å². The molecule has 0 spiro atoms. The van der Waals surface area contributed by atoms with Crippen LogP contribution >= 0.6 is 22.7 Å². The molecule has 1 aliphatic carbocycles. The van der Waals surface area contributed by atoms with Crippen LogP contribution < -0.4 is 15.4 Å². The summed E-state index contributed by atoms with van der Waals surface area (Å²) in [5.41, 5.74) is 3.68. The Balaban J connectivity index is 0.000000560. The molecule has 0 bridgehead atoms. The first kappa shape index (κ1) is 37.9. The Morgan fingerprint density at radius 1 is 0.900 bits per heavy atom. The van der Waals surface area contributed by atoms with Crippen LogP contribution in [0.1, 0.15) is 126 Å². The Bertz CT molecular complexity index is 1120. The molecular formula is C31H57N5O2S2. The first-order chi connectivity index (χ1) is 17.4. The van der Waals surface area contributed by atoms with Gasteiger partial charge in [0.15, 0.2) is 5.13 Å². The summed E-state index contributed by atoms with van der Waals surface area (Å²) in [5, 5.41) is 10.4. The summed E-state index contributed by atoms with van der Waals surface area (Å²) in [5.74, 6) is 0. The van der Waals surface area contributed by atoms with Crippen molar-refractivity contribution < 1.29 is 9.15 Å². The van der Waals surface area contributed by atoms with E-state index in [1.807, 2.05) is 5.38 Å². The van der Waals surface area contributed by atoms with Crippen molar-refractivity contribution in [2.75, 3.05) is 17.7 Å². The lowest BCUT2D eigenvalue weighted by Crippen LogP contribution is -2.14. The van der Waals surface area contributed by atoms with Crippen molar-refractivity contribution in [3.63, 3.8) is 0 Å². The molecule has 0 aliphatic heterocycles. The normalized spacial score (nSPS) is 13.2. The average Bonchev–Trinajstić information content (AvgIpc) is 3.16. The third-order valence-electron chi connectivity index (χ3n) is 5.52. The molecule has 9 heteroatoms. The number of aromatic nitrogens is 3. The molecule has 1 aliphatic rings. The zero-order valence-corrected chi connectivity index (χ0v) is 27.3. The second-order valence-corrected chi connectivity index (χ2v) is 15.2. The molecule has 7 nitrogen and oxygen atoms in total. The Morgan fingerprint density at radius 2 is 1.48 bits per heavy atom. The highest BCUT2D eigenvalue weighted by atomic mass is 32.1. The number of methoxy groups -OCH3 is 1. The quantitative estimate of drug-likeness (QED) is 0.304. The molecule has 230 valence electrons. The van der Waals surface area contributed by atoms with Crippen molar-refractivity contribution in [3.8, 4) is 5.19 Å². The van der Waals surface area contributed by atoms with Gasteiger partial charge in [0.05, 0.1) is 24.2 Å². The van der Waals surface area contributed by atoms with Gasteiger partial charge in [-0.1, -0.05) is 88.5 Å².